The van der Waals surface area contributed by atoms with E-state index in [1.165, 1.54) is 29.2 Å². The Kier molecular flexibility index (Phi) is 9.23. The molecule has 0 radical (unpaired) electrons. The maximum Gasteiger partial charge on any atom is 0.269 e. The van der Waals surface area contributed by atoms with Gasteiger partial charge in [0.1, 0.15) is 18.1 Å². The maximum atomic E-state index is 13.7. The molecule has 1 aliphatic heterocycles. The highest BCUT2D eigenvalue weighted by Crippen LogP contribution is 2.16. The summed E-state index contributed by atoms with van der Waals surface area (Å²) in [4.78, 5) is 43.1. The van der Waals surface area contributed by atoms with Crippen molar-refractivity contribution < 1.29 is 23.7 Å². The zero-order valence-corrected chi connectivity index (χ0v) is 21.5. The molecular weight excluding hydrogens is 488 g/mol. The molecule has 1 saturated heterocycles. The first-order chi connectivity index (χ1) is 18.4. The van der Waals surface area contributed by atoms with Crippen molar-refractivity contribution >= 4 is 17.5 Å². The molecule has 2 amide bonds. The van der Waals surface area contributed by atoms with Crippen LogP contribution in [0.4, 0.5) is 5.69 Å². The third kappa shape index (κ3) is 7.50. The lowest BCUT2D eigenvalue weighted by Gasteiger charge is -2.31. The Balaban J connectivity index is 1.53. The van der Waals surface area contributed by atoms with Crippen molar-refractivity contribution in [2.24, 2.45) is 0 Å². The number of aryl methyl sites for hydroxylation is 1. The predicted molar refractivity (Wildman–Crippen MR) is 140 cm³/mol. The molecule has 0 saturated carbocycles. The van der Waals surface area contributed by atoms with E-state index in [4.69, 9.17) is 9.15 Å². The third-order valence-corrected chi connectivity index (χ3v) is 6.44. The largest absolute Gasteiger partial charge is 0.464 e. The highest BCUT2D eigenvalue weighted by atomic mass is 16.6. The molecule has 2 aromatic carbocycles. The Morgan fingerprint density at radius 1 is 0.947 bits per heavy atom. The lowest BCUT2D eigenvalue weighted by Crippen LogP contribution is -2.47. The fourth-order valence-electron chi connectivity index (χ4n) is 4.31. The van der Waals surface area contributed by atoms with E-state index in [0.29, 0.717) is 44.2 Å². The van der Waals surface area contributed by atoms with Gasteiger partial charge in [0.15, 0.2) is 0 Å². The smallest absolute Gasteiger partial charge is 0.269 e. The van der Waals surface area contributed by atoms with Gasteiger partial charge in [0.05, 0.1) is 24.7 Å². The van der Waals surface area contributed by atoms with Crippen LogP contribution in [0, 0.1) is 17.0 Å². The summed E-state index contributed by atoms with van der Waals surface area (Å²) >= 11 is 0. The number of carbonyl (C=O) groups excluding carboxylic acids is 2. The Morgan fingerprint density at radius 3 is 2.29 bits per heavy atom. The molecule has 0 spiro atoms. The SMILES string of the molecule is Cc1ccc(CN(Cc2ccccc2)C(=O)CN(CCN2CCOCC2)C(=O)c2ccc([N+](=O)[O-])cc2)o1. The Hall–Kier alpha value is -4.02. The number of hydrogen-bond donors (Lipinski definition) is 0. The number of carbonyl (C=O) groups is 2. The summed E-state index contributed by atoms with van der Waals surface area (Å²) < 4.78 is 11.2. The lowest BCUT2D eigenvalue weighted by molar-refractivity contribution is -0.384. The molecule has 0 atom stereocenters. The number of hydrogen-bond acceptors (Lipinski definition) is 7. The van der Waals surface area contributed by atoms with Crippen LogP contribution in [0.25, 0.3) is 0 Å². The Bertz CT molecular complexity index is 1220. The molecule has 0 unspecified atom stereocenters. The standard InChI is InChI=1S/C28H32N4O6/c1-22-7-12-26(38-22)20-31(19-23-5-3-2-4-6-23)27(33)21-30(14-13-29-15-17-37-18-16-29)28(34)24-8-10-25(11-9-24)32(35)36/h2-12H,13-21H2,1H3. The maximum absolute atomic E-state index is 13.7. The molecule has 10 nitrogen and oxygen atoms in total. The number of morpholine rings is 1. The van der Waals surface area contributed by atoms with Gasteiger partial charge < -0.3 is 19.0 Å². The molecule has 2 heterocycles. The normalized spacial score (nSPS) is 13.7. The van der Waals surface area contributed by atoms with E-state index >= 15 is 0 Å². The van der Waals surface area contributed by atoms with Gasteiger partial charge in [0.2, 0.25) is 5.91 Å². The quantitative estimate of drug-likeness (QED) is 0.281. The average molecular weight is 521 g/mol. The van der Waals surface area contributed by atoms with E-state index in [1.807, 2.05) is 49.4 Å². The van der Waals surface area contributed by atoms with Crippen LogP contribution in [0.15, 0.2) is 71.1 Å². The second-order valence-corrected chi connectivity index (χ2v) is 9.23. The molecule has 38 heavy (non-hydrogen) atoms. The number of ether oxygens (including phenoxy) is 1. The van der Waals surface area contributed by atoms with Gasteiger partial charge in [-0.3, -0.25) is 24.6 Å². The fraction of sp³-hybridized carbons (Fsp3) is 0.357. The first-order valence-electron chi connectivity index (χ1n) is 12.6. The number of nitro benzene ring substituents is 1. The highest BCUT2D eigenvalue weighted by molar-refractivity contribution is 5.96. The Morgan fingerprint density at radius 2 is 1.66 bits per heavy atom. The molecule has 0 N–H and O–H groups in total. The number of furan rings is 1. The summed E-state index contributed by atoms with van der Waals surface area (Å²) in [6.07, 6.45) is 0. The van der Waals surface area contributed by atoms with Crippen molar-refractivity contribution in [3.05, 3.63) is 99.5 Å². The summed E-state index contributed by atoms with van der Waals surface area (Å²) in [5.41, 5.74) is 1.16. The predicted octanol–water partition coefficient (Wildman–Crippen LogP) is 3.50. The van der Waals surface area contributed by atoms with Crippen LogP contribution in [0.5, 0.6) is 0 Å². The van der Waals surface area contributed by atoms with Crippen LogP contribution in [-0.4, -0.2) is 77.4 Å². The number of rotatable bonds is 11. The van der Waals surface area contributed by atoms with E-state index in [-0.39, 0.29) is 30.6 Å². The monoisotopic (exact) mass is 520 g/mol. The van der Waals surface area contributed by atoms with Crippen LogP contribution < -0.4 is 0 Å². The van der Waals surface area contributed by atoms with Gasteiger partial charge in [-0.1, -0.05) is 30.3 Å². The van der Waals surface area contributed by atoms with E-state index in [9.17, 15) is 19.7 Å². The van der Waals surface area contributed by atoms with Crippen molar-refractivity contribution in [3.63, 3.8) is 0 Å². The van der Waals surface area contributed by atoms with Crippen LogP contribution in [0.1, 0.15) is 27.4 Å². The summed E-state index contributed by atoms with van der Waals surface area (Å²) in [7, 11) is 0. The molecular formula is C28H32N4O6. The zero-order valence-electron chi connectivity index (χ0n) is 21.5. The molecule has 4 rings (SSSR count). The molecule has 0 bridgehead atoms. The summed E-state index contributed by atoms with van der Waals surface area (Å²) in [5, 5.41) is 11.1. The van der Waals surface area contributed by atoms with E-state index in [1.54, 1.807) is 4.90 Å². The van der Waals surface area contributed by atoms with Gasteiger partial charge in [-0.25, -0.2) is 0 Å². The summed E-state index contributed by atoms with van der Waals surface area (Å²) in [5.74, 6) is 0.844. The third-order valence-electron chi connectivity index (χ3n) is 6.44. The van der Waals surface area contributed by atoms with Gasteiger partial charge in [-0.15, -0.1) is 0 Å². The van der Waals surface area contributed by atoms with Crippen molar-refractivity contribution in [3.8, 4) is 0 Å². The van der Waals surface area contributed by atoms with Gasteiger partial charge >= 0.3 is 0 Å². The molecule has 200 valence electrons. The zero-order chi connectivity index (χ0) is 26.9. The first-order valence-corrected chi connectivity index (χ1v) is 12.6. The number of non-ortho nitro benzene ring substituents is 1. The van der Waals surface area contributed by atoms with Gasteiger partial charge in [0.25, 0.3) is 11.6 Å². The van der Waals surface area contributed by atoms with E-state index in [2.05, 4.69) is 4.90 Å². The molecule has 1 aliphatic rings. The molecule has 3 aromatic rings. The van der Waals surface area contributed by atoms with Crippen LogP contribution in [0.2, 0.25) is 0 Å². The number of nitro groups is 1. The number of nitrogens with zero attached hydrogens (tertiary/aromatic N) is 4. The van der Waals surface area contributed by atoms with E-state index in [0.717, 1.165) is 24.4 Å². The van der Waals surface area contributed by atoms with Crippen molar-refractivity contribution in [2.45, 2.75) is 20.0 Å². The van der Waals surface area contributed by atoms with E-state index < -0.39 is 4.92 Å². The molecule has 0 aliphatic carbocycles. The average Bonchev–Trinajstić information content (AvgIpc) is 3.35. The second-order valence-electron chi connectivity index (χ2n) is 9.23. The Labute approximate surface area is 221 Å². The van der Waals surface area contributed by atoms with Crippen LogP contribution in [-0.2, 0) is 22.6 Å². The van der Waals surface area contributed by atoms with Gasteiger partial charge in [-0.2, -0.15) is 0 Å². The topological polar surface area (TPSA) is 109 Å². The van der Waals surface area contributed by atoms with Crippen molar-refractivity contribution in [1.29, 1.82) is 0 Å². The minimum absolute atomic E-state index is 0.0970. The summed E-state index contributed by atoms with van der Waals surface area (Å²) in [6.45, 7) is 6.04. The minimum atomic E-state index is -0.508. The fourth-order valence-corrected chi connectivity index (χ4v) is 4.31. The van der Waals surface area contributed by atoms with Gasteiger partial charge in [0, 0.05) is 50.4 Å². The van der Waals surface area contributed by atoms with Crippen molar-refractivity contribution in [1.82, 2.24) is 14.7 Å². The second kappa shape index (κ2) is 13.0. The van der Waals surface area contributed by atoms with Crippen LogP contribution in [0.3, 0.4) is 0 Å². The van der Waals surface area contributed by atoms with Gasteiger partial charge in [-0.05, 0) is 36.8 Å². The molecule has 10 heteroatoms. The number of amides is 2. The highest BCUT2D eigenvalue weighted by Gasteiger charge is 2.25. The van der Waals surface area contributed by atoms with Crippen LogP contribution >= 0.6 is 0 Å². The number of benzene rings is 2. The minimum Gasteiger partial charge on any atom is -0.464 e. The molecule has 1 fully saturated rings. The lowest BCUT2D eigenvalue weighted by atomic mass is 10.1. The summed E-state index contributed by atoms with van der Waals surface area (Å²) in [6, 6.07) is 18.8. The molecule has 1 aromatic heterocycles. The van der Waals surface area contributed by atoms with Crippen molar-refractivity contribution in [2.75, 3.05) is 45.9 Å². The first kappa shape index (κ1) is 27.0.